The SMILES string of the molecule is CNC(=O)c1c(Cl)ccc2c1CCO2. The Morgan fingerprint density at radius 2 is 2.36 bits per heavy atom. The zero-order chi connectivity index (χ0) is 10.1. The van der Waals surface area contributed by atoms with Gasteiger partial charge in [0.15, 0.2) is 0 Å². The van der Waals surface area contributed by atoms with Crippen LogP contribution in [0.4, 0.5) is 0 Å². The van der Waals surface area contributed by atoms with E-state index in [0.717, 1.165) is 17.7 Å². The van der Waals surface area contributed by atoms with Gasteiger partial charge in [0.2, 0.25) is 0 Å². The van der Waals surface area contributed by atoms with Crippen LogP contribution < -0.4 is 10.1 Å². The second-order valence-corrected chi connectivity index (χ2v) is 3.48. The number of amides is 1. The van der Waals surface area contributed by atoms with Gasteiger partial charge in [-0.3, -0.25) is 4.79 Å². The van der Waals surface area contributed by atoms with Crippen molar-refractivity contribution in [1.82, 2.24) is 5.32 Å². The van der Waals surface area contributed by atoms with E-state index in [1.54, 1.807) is 19.2 Å². The second-order valence-electron chi connectivity index (χ2n) is 3.08. The topological polar surface area (TPSA) is 38.3 Å². The molecule has 0 radical (unpaired) electrons. The summed E-state index contributed by atoms with van der Waals surface area (Å²) in [6.07, 6.45) is 0.749. The lowest BCUT2D eigenvalue weighted by Gasteiger charge is -2.07. The maximum atomic E-state index is 11.5. The van der Waals surface area contributed by atoms with Crippen molar-refractivity contribution in [1.29, 1.82) is 0 Å². The summed E-state index contributed by atoms with van der Waals surface area (Å²) in [5.74, 6) is 0.616. The minimum atomic E-state index is -0.155. The van der Waals surface area contributed by atoms with E-state index in [9.17, 15) is 4.79 Å². The van der Waals surface area contributed by atoms with Crippen molar-refractivity contribution >= 4 is 17.5 Å². The highest BCUT2D eigenvalue weighted by Crippen LogP contribution is 2.32. The van der Waals surface area contributed by atoms with Crippen LogP contribution in [-0.4, -0.2) is 19.6 Å². The van der Waals surface area contributed by atoms with E-state index >= 15 is 0 Å². The fraction of sp³-hybridized carbons (Fsp3) is 0.300. The molecule has 4 heteroatoms. The molecule has 0 spiro atoms. The van der Waals surface area contributed by atoms with Crippen LogP contribution in [0.2, 0.25) is 5.02 Å². The Bertz CT molecular complexity index is 390. The molecule has 0 saturated heterocycles. The lowest BCUT2D eigenvalue weighted by Crippen LogP contribution is -2.19. The molecule has 1 heterocycles. The van der Waals surface area contributed by atoms with Crippen molar-refractivity contribution in [3.8, 4) is 5.75 Å². The highest BCUT2D eigenvalue weighted by molar-refractivity contribution is 6.34. The van der Waals surface area contributed by atoms with Gasteiger partial charge >= 0.3 is 0 Å². The van der Waals surface area contributed by atoms with E-state index in [1.807, 2.05) is 0 Å². The lowest BCUT2D eigenvalue weighted by molar-refractivity contribution is 0.0962. The fourth-order valence-electron chi connectivity index (χ4n) is 1.62. The number of ether oxygens (including phenoxy) is 1. The van der Waals surface area contributed by atoms with E-state index in [4.69, 9.17) is 16.3 Å². The summed E-state index contributed by atoms with van der Waals surface area (Å²) in [6.45, 7) is 0.625. The van der Waals surface area contributed by atoms with Crippen LogP contribution in [0.3, 0.4) is 0 Å². The van der Waals surface area contributed by atoms with Gasteiger partial charge in [-0.05, 0) is 12.1 Å². The molecular weight excluding hydrogens is 202 g/mol. The number of rotatable bonds is 1. The molecular formula is C10H10ClNO2. The minimum Gasteiger partial charge on any atom is -0.493 e. The average Bonchev–Trinajstić information content (AvgIpc) is 2.64. The number of hydrogen-bond donors (Lipinski definition) is 1. The standard InChI is InChI=1S/C10H10ClNO2/c1-12-10(13)9-6-4-5-14-8(6)3-2-7(9)11/h2-3H,4-5H2,1H3,(H,12,13). The summed E-state index contributed by atoms with van der Waals surface area (Å²) in [5, 5.41) is 3.05. The van der Waals surface area contributed by atoms with Crippen molar-refractivity contribution in [3.63, 3.8) is 0 Å². The molecule has 0 aromatic heterocycles. The predicted octanol–water partition coefficient (Wildman–Crippen LogP) is 1.63. The van der Waals surface area contributed by atoms with Crippen LogP contribution in [0.25, 0.3) is 0 Å². The maximum Gasteiger partial charge on any atom is 0.252 e. The Balaban J connectivity index is 2.57. The van der Waals surface area contributed by atoms with Gasteiger partial charge in [-0.15, -0.1) is 0 Å². The smallest absolute Gasteiger partial charge is 0.252 e. The van der Waals surface area contributed by atoms with Crippen LogP contribution >= 0.6 is 11.6 Å². The summed E-state index contributed by atoms with van der Waals surface area (Å²) >= 11 is 5.97. The molecule has 1 N–H and O–H groups in total. The predicted molar refractivity (Wildman–Crippen MR) is 54.0 cm³/mol. The van der Waals surface area contributed by atoms with Crippen LogP contribution in [-0.2, 0) is 6.42 Å². The number of nitrogens with one attached hydrogen (secondary N) is 1. The molecule has 3 nitrogen and oxygen atoms in total. The molecule has 1 aliphatic rings. The van der Waals surface area contributed by atoms with Crippen molar-refractivity contribution in [3.05, 3.63) is 28.3 Å². The molecule has 2 rings (SSSR count). The highest BCUT2D eigenvalue weighted by atomic mass is 35.5. The first-order valence-electron chi connectivity index (χ1n) is 4.40. The van der Waals surface area contributed by atoms with E-state index in [0.29, 0.717) is 17.2 Å². The fourth-order valence-corrected chi connectivity index (χ4v) is 1.88. The van der Waals surface area contributed by atoms with Crippen molar-refractivity contribution in [2.24, 2.45) is 0 Å². The number of carbonyl (C=O) groups excluding carboxylic acids is 1. The summed E-state index contributed by atoms with van der Waals surface area (Å²) in [5.41, 5.74) is 1.46. The molecule has 0 unspecified atom stereocenters. The number of fused-ring (bicyclic) bond motifs is 1. The molecule has 0 aliphatic carbocycles. The van der Waals surface area contributed by atoms with Gasteiger partial charge < -0.3 is 10.1 Å². The van der Waals surface area contributed by atoms with E-state index < -0.39 is 0 Å². The largest absolute Gasteiger partial charge is 0.493 e. The Morgan fingerprint density at radius 1 is 1.57 bits per heavy atom. The van der Waals surface area contributed by atoms with Crippen molar-refractivity contribution < 1.29 is 9.53 Å². The third kappa shape index (κ3) is 1.34. The summed E-state index contributed by atoms with van der Waals surface area (Å²) in [7, 11) is 1.59. The van der Waals surface area contributed by atoms with Crippen molar-refractivity contribution in [2.45, 2.75) is 6.42 Å². The second kappa shape index (κ2) is 3.50. The van der Waals surface area contributed by atoms with Gasteiger partial charge in [0, 0.05) is 19.0 Å². The maximum absolute atomic E-state index is 11.5. The van der Waals surface area contributed by atoms with Gasteiger partial charge in [-0.1, -0.05) is 11.6 Å². The molecule has 0 fully saturated rings. The van der Waals surface area contributed by atoms with Gasteiger partial charge in [-0.25, -0.2) is 0 Å². The Labute approximate surface area is 87.0 Å². The van der Waals surface area contributed by atoms with Gasteiger partial charge in [0.1, 0.15) is 5.75 Å². The zero-order valence-corrected chi connectivity index (χ0v) is 8.52. The summed E-state index contributed by atoms with van der Waals surface area (Å²) in [6, 6.07) is 3.49. The molecule has 14 heavy (non-hydrogen) atoms. The Morgan fingerprint density at radius 3 is 3.07 bits per heavy atom. The summed E-state index contributed by atoms with van der Waals surface area (Å²) in [4.78, 5) is 11.5. The molecule has 1 aromatic rings. The van der Waals surface area contributed by atoms with Gasteiger partial charge in [0.25, 0.3) is 5.91 Å². The van der Waals surface area contributed by atoms with E-state index in [1.165, 1.54) is 0 Å². The molecule has 1 aliphatic heterocycles. The lowest BCUT2D eigenvalue weighted by atomic mass is 10.0. The minimum absolute atomic E-state index is 0.155. The van der Waals surface area contributed by atoms with Gasteiger partial charge in [-0.2, -0.15) is 0 Å². The molecule has 0 bridgehead atoms. The molecule has 1 aromatic carbocycles. The molecule has 1 amide bonds. The number of hydrogen-bond acceptors (Lipinski definition) is 2. The van der Waals surface area contributed by atoms with Crippen LogP contribution in [0.1, 0.15) is 15.9 Å². The normalized spacial score (nSPS) is 13.3. The first kappa shape index (κ1) is 9.34. The van der Waals surface area contributed by atoms with E-state index in [2.05, 4.69) is 5.32 Å². The van der Waals surface area contributed by atoms with Crippen LogP contribution in [0.15, 0.2) is 12.1 Å². The monoisotopic (exact) mass is 211 g/mol. The molecule has 74 valence electrons. The zero-order valence-electron chi connectivity index (χ0n) is 7.76. The van der Waals surface area contributed by atoms with Gasteiger partial charge in [0.05, 0.1) is 17.2 Å². The first-order chi connectivity index (χ1) is 6.74. The first-order valence-corrected chi connectivity index (χ1v) is 4.78. The quantitative estimate of drug-likeness (QED) is 0.767. The number of carbonyl (C=O) groups is 1. The average molecular weight is 212 g/mol. The number of halogens is 1. The molecule has 0 atom stereocenters. The van der Waals surface area contributed by atoms with E-state index in [-0.39, 0.29) is 5.91 Å². The van der Waals surface area contributed by atoms with Crippen molar-refractivity contribution in [2.75, 3.05) is 13.7 Å². The Hall–Kier alpha value is -1.22. The summed E-state index contributed by atoms with van der Waals surface area (Å²) < 4.78 is 5.35. The molecule has 0 saturated carbocycles. The van der Waals surface area contributed by atoms with Crippen LogP contribution in [0.5, 0.6) is 5.75 Å². The third-order valence-corrected chi connectivity index (χ3v) is 2.60. The Kier molecular flexibility index (Phi) is 2.33. The third-order valence-electron chi connectivity index (χ3n) is 2.28. The number of benzene rings is 1. The highest BCUT2D eigenvalue weighted by Gasteiger charge is 2.22. The van der Waals surface area contributed by atoms with Crippen LogP contribution in [0, 0.1) is 0 Å².